The molecule has 78 valence electrons. The molecule has 0 aliphatic carbocycles. The van der Waals surface area contributed by atoms with Crippen molar-refractivity contribution in [3.05, 3.63) is 23.2 Å². The van der Waals surface area contributed by atoms with E-state index in [4.69, 9.17) is 4.42 Å². The van der Waals surface area contributed by atoms with Gasteiger partial charge in [0.25, 0.3) is 0 Å². The zero-order valence-corrected chi connectivity index (χ0v) is 8.45. The summed E-state index contributed by atoms with van der Waals surface area (Å²) in [5.74, 6) is 1.64. The highest BCUT2D eigenvalue weighted by Crippen LogP contribution is 2.37. The molecule has 3 heterocycles. The topological polar surface area (TPSA) is 50.5 Å². The average molecular weight is 205 g/mol. The Morgan fingerprint density at radius 1 is 1.47 bits per heavy atom. The van der Waals surface area contributed by atoms with Crippen LogP contribution in [0.3, 0.4) is 0 Å². The lowest BCUT2D eigenvalue weighted by molar-refractivity contribution is -0.129. The number of ketones is 1. The second-order valence-corrected chi connectivity index (χ2v) is 4.12. The Balaban J connectivity index is 2.12. The number of hydrogen-bond donors (Lipinski definition) is 0. The summed E-state index contributed by atoms with van der Waals surface area (Å²) >= 11 is 0. The number of hydrogen-bond acceptors (Lipinski definition) is 3. The Labute approximate surface area is 86.9 Å². The molecule has 3 rings (SSSR count). The molecule has 4 heteroatoms. The first-order chi connectivity index (χ1) is 7.16. The molecule has 2 aliphatic rings. The predicted octanol–water partition coefficient (Wildman–Crippen LogP) is 0.987. The van der Waals surface area contributed by atoms with Crippen LogP contribution in [0.1, 0.15) is 29.5 Å². The largest absolute Gasteiger partial charge is 0.466 e. The molecule has 1 amide bonds. The molecule has 0 spiro atoms. The fourth-order valence-electron chi connectivity index (χ4n) is 2.49. The summed E-state index contributed by atoms with van der Waals surface area (Å²) < 4.78 is 5.51. The van der Waals surface area contributed by atoms with Gasteiger partial charge in [0.05, 0.1) is 6.42 Å². The summed E-state index contributed by atoms with van der Waals surface area (Å²) in [6.45, 7) is 2.47. The van der Waals surface area contributed by atoms with Gasteiger partial charge in [0, 0.05) is 18.5 Å². The van der Waals surface area contributed by atoms with Crippen molar-refractivity contribution in [1.29, 1.82) is 0 Å². The highest BCUT2D eigenvalue weighted by Gasteiger charge is 2.43. The van der Waals surface area contributed by atoms with Gasteiger partial charge in [-0.3, -0.25) is 9.59 Å². The number of fused-ring (bicyclic) bond motifs is 3. The number of nitrogens with zero attached hydrogens (tertiary/aromatic N) is 1. The molecule has 1 atom stereocenters. The van der Waals surface area contributed by atoms with Gasteiger partial charge in [0.1, 0.15) is 17.6 Å². The SMILES string of the molecule is Cc1cc2c(o1)CCN1C(=O)CC(=O)C21. The van der Waals surface area contributed by atoms with Gasteiger partial charge in [0.15, 0.2) is 5.78 Å². The van der Waals surface area contributed by atoms with Crippen LogP contribution in [0.25, 0.3) is 0 Å². The first-order valence-corrected chi connectivity index (χ1v) is 5.08. The molecule has 4 nitrogen and oxygen atoms in total. The molecular weight excluding hydrogens is 194 g/mol. The molecule has 0 bridgehead atoms. The third-order valence-electron chi connectivity index (χ3n) is 3.10. The summed E-state index contributed by atoms with van der Waals surface area (Å²) in [7, 11) is 0. The van der Waals surface area contributed by atoms with Gasteiger partial charge in [-0.05, 0) is 13.0 Å². The minimum atomic E-state index is -0.362. The van der Waals surface area contributed by atoms with Gasteiger partial charge >= 0.3 is 0 Å². The van der Waals surface area contributed by atoms with Crippen LogP contribution < -0.4 is 0 Å². The van der Waals surface area contributed by atoms with Crippen molar-refractivity contribution in [3.8, 4) is 0 Å². The molecule has 0 saturated carbocycles. The molecular formula is C11H11NO3. The van der Waals surface area contributed by atoms with E-state index in [1.165, 1.54) is 0 Å². The smallest absolute Gasteiger partial charge is 0.231 e. The number of furan rings is 1. The Morgan fingerprint density at radius 2 is 2.27 bits per heavy atom. The van der Waals surface area contributed by atoms with Crippen LogP contribution in [-0.2, 0) is 16.0 Å². The third kappa shape index (κ3) is 1.07. The molecule has 1 aromatic rings. The minimum Gasteiger partial charge on any atom is -0.466 e. The van der Waals surface area contributed by atoms with Crippen LogP contribution in [0, 0.1) is 6.92 Å². The highest BCUT2D eigenvalue weighted by molar-refractivity contribution is 6.08. The van der Waals surface area contributed by atoms with Crippen LogP contribution in [-0.4, -0.2) is 23.1 Å². The molecule has 0 aromatic carbocycles. The maximum absolute atomic E-state index is 11.7. The Bertz CT molecular complexity index is 460. The molecule has 1 unspecified atom stereocenters. The van der Waals surface area contributed by atoms with E-state index in [0.29, 0.717) is 6.54 Å². The summed E-state index contributed by atoms with van der Waals surface area (Å²) in [5, 5.41) is 0. The first kappa shape index (κ1) is 8.71. The molecule has 2 aliphatic heterocycles. The zero-order chi connectivity index (χ0) is 10.6. The van der Waals surface area contributed by atoms with E-state index >= 15 is 0 Å². The average Bonchev–Trinajstić information content (AvgIpc) is 2.66. The number of Topliss-reactive ketones (excluding diaryl/α,β-unsaturated/α-hetero) is 1. The minimum absolute atomic E-state index is 0.00162. The van der Waals surface area contributed by atoms with Crippen LogP contribution in [0.5, 0.6) is 0 Å². The van der Waals surface area contributed by atoms with Crippen molar-refractivity contribution < 1.29 is 14.0 Å². The number of amides is 1. The van der Waals surface area contributed by atoms with E-state index < -0.39 is 0 Å². The fraction of sp³-hybridized carbons (Fsp3) is 0.455. The second kappa shape index (κ2) is 2.72. The van der Waals surface area contributed by atoms with Crippen molar-refractivity contribution in [2.75, 3.05) is 6.54 Å². The monoisotopic (exact) mass is 205 g/mol. The van der Waals surface area contributed by atoms with Crippen molar-refractivity contribution in [2.45, 2.75) is 25.8 Å². The van der Waals surface area contributed by atoms with Gasteiger partial charge in [-0.15, -0.1) is 0 Å². The van der Waals surface area contributed by atoms with Crippen molar-refractivity contribution in [2.24, 2.45) is 0 Å². The fourth-order valence-corrected chi connectivity index (χ4v) is 2.49. The normalized spacial score (nSPS) is 24.3. The second-order valence-electron chi connectivity index (χ2n) is 4.12. The Hall–Kier alpha value is -1.58. The van der Waals surface area contributed by atoms with Gasteiger partial charge in [0.2, 0.25) is 5.91 Å². The molecule has 0 N–H and O–H groups in total. The van der Waals surface area contributed by atoms with E-state index in [1.54, 1.807) is 4.90 Å². The van der Waals surface area contributed by atoms with E-state index in [9.17, 15) is 9.59 Å². The van der Waals surface area contributed by atoms with Crippen LogP contribution in [0.15, 0.2) is 10.5 Å². The van der Waals surface area contributed by atoms with Gasteiger partial charge in [-0.1, -0.05) is 0 Å². The lowest BCUT2D eigenvalue weighted by Crippen LogP contribution is -2.34. The maximum atomic E-state index is 11.7. The van der Waals surface area contributed by atoms with E-state index in [1.807, 2.05) is 13.0 Å². The first-order valence-electron chi connectivity index (χ1n) is 5.08. The van der Waals surface area contributed by atoms with E-state index in [-0.39, 0.29) is 24.2 Å². The van der Waals surface area contributed by atoms with E-state index in [2.05, 4.69) is 0 Å². The molecule has 1 fully saturated rings. The number of carbonyl (C=O) groups excluding carboxylic acids is 2. The highest BCUT2D eigenvalue weighted by atomic mass is 16.3. The van der Waals surface area contributed by atoms with Crippen molar-refractivity contribution >= 4 is 11.7 Å². The summed E-state index contributed by atoms with van der Waals surface area (Å²) in [6, 6.07) is 1.52. The zero-order valence-electron chi connectivity index (χ0n) is 8.45. The maximum Gasteiger partial charge on any atom is 0.231 e. The third-order valence-corrected chi connectivity index (χ3v) is 3.10. The Morgan fingerprint density at radius 3 is 3.07 bits per heavy atom. The lowest BCUT2D eigenvalue weighted by Gasteiger charge is -2.27. The predicted molar refractivity (Wildman–Crippen MR) is 51.2 cm³/mol. The van der Waals surface area contributed by atoms with Gasteiger partial charge in [-0.25, -0.2) is 0 Å². The number of carbonyl (C=O) groups is 2. The summed E-state index contributed by atoms with van der Waals surface area (Å²) in [6.07, 6.45) is 0.771. The lowest BCUT2D eigenvalue weighted by atomic mass is 9.99. The number of rotatable bonds is 0. The molecule has 1 saturated heterocycles. The van der Waals surface area contributed by atoms with Crippen LogP contribution in [0.4, 0.5) is 0 Å². The molecule has 15 heavy (non-hydrogen) atoms. The van der Waals surface area contributed by atoms with Crippen LogP contribution >= 0.6 is 0 Å². The molecule has 0 radical (unpaired) electrons. The van der Waals surface area contributed by atoms with Gasteiger partial charge < -0.3 is 9.32 Å². The summed E-state index contributed by atoms with van der Waals surface area (Å²) in [4.78, 5) is 24.9. The van der Waals surface area contributed by atoms with E-state index in [0.717, 1.165) is 23.5 Å². The molecule has 1 aromatic heterocycles. The van der Waals surface area contributed by atoms with Crippen LogP contribution in [0.2, 0.25) is 0 Å². The van der Waals surface area contributed by atoms with Crippen molar-refractivity contribution in [1.82, 2.24) is 4.90 Å². The standard InChI is InChI=1S/C11H11NO3/c1-6-4-7-9(15-6)2-3-12-10(14)5-8(13)11(7)12/h4,11H,2-3,5H2,1H3. The van der Waals surface area contributed by atoms with Gasteiger partial charge in [-0.2, -0.15) is 0 Å². The Kier molecular flexibility index (Phi) is 1.58. The summed E-state index contributed by atoms with van der Waals surface area (Å²) in [5.41, 5.74) is 0.898. The quantitative estimate of drug-likeness (QED) is 0.593. The number of aryl methyl sites for hydroxylation is 1. The van der Waals surface area contributed by atoms with Crippen molar-refractivity contribution in [3.63, 3.8) is 0 Å².